The lowest BCUT2D eigenvalue weighted by molar-refractivity contribution is 0.679. The van der Waals surface area contributed by atoms with Crippen molar-refractivity contribution < 1.29 is 0 Å². The highest BCUT2D eigenvalue weighted by Gasteiger charge is 2.14. The summed E-state index contributed by atoms with van der Waals surface area (Å²) >= 11 is 12.6. The number of halogens is 2. The van der Waals surface area contributed by atoms with E-state index >= 15 is 0 Å². The number of aromatic amines is 2. The number of hydrogen-bond acceptors (Lipinski definition) is 4. The first-order chi connectivity index (χ1) is 14.5. The Balaban J connectivity index is 1.48. The largest absolute Gasteiger partial charge is 0.316 e. The van der Waals surface area contributed by atoms with Crippen LogP contribution in [0, 0.1) is 0 Å². The molecule has 3 N–H and O–H groups in total. The van der Waals surface area contributed by atoms with E-state index in [9.17, 15) is 9.59 Å². The third-order valence-corrected chi connectivity index (χ3v) is 5.61. The van der Waals surface area contributed by atoms with Crippen molar-refractivity contribution in [3.05, 3.63) is 96.2 Å². The number of nitrogens with one attached hydrogen (secondary N) is 3. The third kappa shape index (κ3) is 4.48. The van der Waals surface area contributed by atoms with Gasteiger partial charge in [0.05, 0.1) is 33.8 Å². The van der Waals surface area contributed by atoms with Gasteiger partial charge in [0, 0.05) is 18.3 Å². The van der Waals surface area contributed by atoms with Crippen molar-refractivity contribution in [2.45, 2.75) is 19.5 Å². The number of H-pyrrole nitrogens is 2. The molecule has 7 nitrogen and oxygen atoms in total. The quantitative estimate of drug-likeness (QED) is 0.302. The fourth-order valence-corrected chi connectivity index (χ4v) is 3.70. The molecule has 0 aliphatic carbocycles. The van der Waals surface area contributed by atoms with E-state index in [1.54, 1.807) is 10.9 Å². The van der Waals surface area contributed by atoms with Gasteiger partial charge in [-0.1, -0.05) is 53.5 Å². The van der Waals surface area contributed by atoms with E-state index in [4.69, 9.17) is 23.2 Å². The van der Waals surface area contributed by atoms with Gasteiger partial charge in [-0.3, -0.25) is 14.3 Å². The molecule has 154 valence electrons. The number of rotatable bonds is 7. The molecule has 0 fully saturated rings. The van der Waals surface area contributed by atoms with E-state index in [1.807, 2.05) is 24.4 Å². The van der Waals surface area contributed by atoms with Crippen molar-refractivity contribution in [1.82, 2.24) is 25.1 Å². The zero-order valence-corrected chi connectivity index (χ0v) is 17.4. The number of nitrogens with zero attached hydrogens (tertiary/aromatic N) is 2. The lowest BCUT2D eigenvalue weighted by atomic mass is 10.1. The van der Waals surface area contributed by atoms with Crippen molar-refractivity contribution in [3.8, 4) is 0 Å². The van der Waals surface area contributed by atoms with E-state index in [-0.39, 0.29) is 0 Å². The van der Waals surface area contributed by atoms with Crippen LogP contribution in [0.1, 0.15) is 16.7 Å². The molecule has 0 aliphatic rings. The second-order valence-electron chi connectivity index (χ2n) is 6.94. The summed E-state index contributed by atoms with van der Waals surface area (Å²) in [4.78, 5) is 28.5. The molecule has 0 bridgehead atoms. The minimum atomic E-state index is -0.743. The smallest absolute Gasteiger partial charge is 0.314 e. The molecule has 0 saturated carbocycles. The Kier molecular flexibility index (Phi) is 6.03. The molecule has 4 aromatic rings. The molecule has 0 atom stereocenters. The maximum absolute atomic E-state index is 11.8. The van der Waals surface area contributed by atoms with Gasteiger partial charge in [-0.25, -0.2) is 0 Å². The number of benzene rings is 2. The Hall–Kier alpha value is -2.87. The van der Waals surface area contributed by atoms with Crippen molar-refractivity contribution in [2.24, 2.45) is 0 Å². The summed E-state index contributed by atoms with van der Waals surface area (Å²) in [6, 6.07) is 11.7. The zero-order valence-electron chi connectivity index (χ0n) is 15.9. The normalized spacial score (nSPS) is 11.3. The molecule has 2 heterocycles. The van der Waals surface area contributed by atoms with Gasteiger partial charge in [0.1, 0.15) is 0 Å². The zero-order chi connectivity index (χ0) is 21.1. The molecule has 0 amide bonds. The fraction of sp³-hybridized carbons (Fsp3) is 0.190. The molecule has 0 aliphatic heterocycles. The first kappa shape index (κ1) is 20.4. The van der Waals surface area contributed by atoms with Crippen LogP contribution in [0.4, 0.5) is 0 Å². The van der Waals surface area contributed by atoms with E-state index < -0.39 is 11.1 Å². The fourth-order valence-electron chi connectivity index (χ4n) is 3.26. The van der Waals surface area contributed by atoms with E-state index in [2.05, 4.69) is 32.5 Å². The highest BCUT2D eigenvalue weighted by atomic mass is 35.5. The predicted octanol–water partition coefficient (Wildman–Crippen LogP) is 3.10. The SMILES string of the molecule is O=c1[nH]c2cc(Cl)c(Cl)c(Cn3cc(CCNCc4ccccc4)cn3)c2[nH]c1=O. The van der Waals surface area contributed by atoms with Gasteiger partial charge < -0.3 is 15.3 Å². The summed E-state index contributed by atoms with van der Waals surface area (Å²) < 4.78 is 1.73. The summed E-state index contributed by atoms with van der Waals surface area (Å²) in [7, 11) is 0. The minimum absolute atomic E-state index is 0.291. The average Bonchev–Trinajstić information content (AvgIpc) is 3.19. The molecule has 2 aromatic carbocycles. The molecule has 0 unspecified atom stereocenters. The standard InChI is InChI=1S/C21H19Cl2N5O2/c22-16-8-17-19(27-21(30)20(29)26-17)15(18(16)23)12-28-11-14(10-25-28)6-7-24-9-13-4-2-1-3-5-13/h1-5,8,10-11,24H,6-7,9,12H2,(H,26,29)(H,27,30). The maximum Gasteiger partial charge on any atom is 0.314 e. The monoisotopic (exact) mass is 443 g/mol. The van der Waals surface area contributed by atoms with Gasteiger partial charge >= 0.3 is 11.1 Å². The topological polar surface area (TPSA) is 95.6 Å². The van der Waals surface area contributed by atoms with Crippen molar-refractivity contribution >= 4 is 34.2 Å². The second-order valence-corrected chi connectivity index (χ2v) is 7.73. The molecule has 0 spiro atoms. The van der Waals surface area contributed by atoms with Gasteiger partial charge in [-0.05, 0) is 30.2 Å². The van der Waals surface area contributed by atoms with Crippen LogP contribution in [-0.2, 0) is 19.5 Å². The summed E-state index contributed by atoms with van der Waals surface area (Å²) in [5.41, 5.74) is 2.27. The lowest BCUT2D eigenvalue weighted by Gasteiger charge is -2.10. The van der Waals surface area contributed by atoms with Crippen LogP contribution in [0.15, 0.2) is 58.4 Å². The van der Waals surface area contributed by atoms with Gasteiger partial charge in [-0.2, -0.15) is 5.10 Å². The van der Waals surface area contributed by atoms with Crippen LogP contribution >= 0.6 is 23.2 Å². The summed E-state index contributed by atoms with van der Waals surface area (Å²) in [6.45, 7) is 1.93. The molecular formula is C21H19Cl2N5O2. The van der Waals surface area contributed by atoms with Crippen LogP contribution in [0.25, 0.3) is 11.0 Å². The van der Waals surface area contributed by atoms with E-state index in [1.165, 1.54) is 11.6 Å². The number of hydrogen-bond donors (Lipinski definition) is 3. The van der Waals surface area contributed by atoms with Gasteiger partial charge in [0.15, 0.2) is 0 Å². The third-order valence-electron chi connectivity index (χ3n) is 4.78. The molecule has 0 saturated heterocycles. The summed E-state index contributed by atoms with van der Waals surface area (Å²) in [6.07, 6.45) is 4.55. The van der Waals surface area contributed by atoms with Crippen molar-refractivity contribution in [2.75, 3.05) is 6.54 Å². The van der Waals surface area contributed by atoms with Gasteiger partial charge in [0.25, 0.3) is 0 Å². The molecular weight excluding hydrogens is 425 g/mol. The predicted molar refractivity (Wildman–Crippen MR) is 118 cm³/mol. The first-order valence-corrected chi connectivity index (χ1v) is 10.2. The van der Waals surface area contributed by atoms with E-state index in [0.29, 0.717) is 33.2 Å². The van der Waals surface area contributed by atoms with E-state index in [0.717, 1.165) is 25.1 Å². The molecule has 9 heteroatoms. The maximum atomic E-state index is 11.8. The van der Waals surface area contributed by atoms with Crippen LogP contribution in [0.5, 0.6) is 0 Å². The highest BCUT2D eigenvalue weighted by molar-refractivity contribution is 6.43. The highest BCUT2D eigenvalue weighted by Crippen LogP contribution is 2.31. The Morgan fingerprint density at radius 1 is 1.03 bits per heavy atom. The van der Waals surface area contributed by atoms with Crippen LogP contribution in [-0.4, -0.2) is 26.3 Å². The lowest BCUT2D eigenvalue weighted by Crippen LogP contribution is -2.29. The van der Waals surface area contributed by atoms with Crippen LogP contribution < -0.4 is 16.4 Å². The Morgan fingerprint density at radius 3 is 2.60 bits per heavy atom. The van der Waals surface area contributed by atoms with Crippen molar-refractivity contribution in [3.63, 3.8) is 0 Å². The molecule has 2 aromatic heterocycles. The Labute approximate surface area is 181 Å². The van der Waals surface area contributed by atoms with Crippen molar-refractivity contribution in [1.29, 1.82) is 0 Å². The first-order valence-electron chi connectivity index (χ1n) is 9.40. The summed E-state index contributed by atoms with van der Waals surface area (Å²) in [5, 5.41) is 8.41. The van der Waals surface area contributed by atoms with Crippen LogP contribution in [0.3, 0.4) is 0 Å². The average molecular weight is 444 g/mol. The number of aromatic nitrogens is 4. The molecule has 4 rings (SSSR count). The summed E-state index contributed by atoms with van der Waals surface area (Å²) in [5.74, 6) is 0. The number of fused-ring (bicyclic) bond motifs is 1. The Morgan fingerprint density at radius 2 is 1.80 bits per heavy atom. The Bertz CT molecular complexity index is 1290. The second kappa shape index (κ2) is 8.87. The minimum Gasteiger partial charge on any atom is -0.316 e. The van der Waals surface area contributed by atoms with Gasteiger partial charge in [-0.15, -0.1) is 0 Å². The van der Waals surface area contributed by atoms with Crippen LogP contribution in [0.2, 0.25) is 10.0 Å². The van der Waals surface area contributed by atoms with Gasteiger partial charge in [0.2, 0.25) is 0 Å². The molecule has 30 heavy (non-hydrogen) atoms. The molecule has 0 radical (unpaired) electrons.